The molecule has 0 aromatic carbocycles. The molecule has 1 unspecified atom stereocenters. The third-order valence-electron chi connectivity index (χ3n) is 1.75. The van der Waals surface area contributed by atoms with E-state index in [9.17, 15) is 9.59 Å². The Bertz CT molecular complexity index is 215. The number of carbonyl (C=O) groups is 2. The minimum Gasteiger partial charge on any atom is -0.481 e. The maximum Gasteiger partial charge on any atom is 0.303 e. The second kappa shape index (κ2) is 7.23. The van der Waals surface area contributed by atoms with Gasteiger partial charge in [0.2, 0.25) is 5.91 Å². The van der Waals surface area contributed by atoms with E-state index in [4.69, 9.17) is 9.84 Å². The van der Waals surface area contributed by atoms with Gasteiger partial charge in [-0.3, -0.25) is 9.59 Å². The van der Waals surface area contributed by atoms with E-state index in [-0.39, 0.29) is 31.1 Å². The molecule has 5 nitrogen and oxygen atoms in total. The minimum atomic E-state index is -0.852. The Kier molecular flexibility index (Phi) is 6.70. The van der Waals surface area contributed by atoms with E-state index < -0.39 is 5.97 Å². The number of hydrogen-bond donors (Lipinski definition) is 2. The summed E-state index contributed by atoms with van der Waals surface area (Å²) in [6, 6.07) is -0.135. The number of carbonyl (C=O) groups excluding carboxylic acids is 1. The van der Waals surface area contributed by atoms with Crippen molar-refractivity contribution in [2.75, 3.05) is 6.61 Å². The SMILES string of the molecule is CC(CCC(=O)O)NC(=O)COC(C)C. The average Bonchev–Trinajstić information content (AvgIpc) is 2.11. The lowest BCUT2D eigenvalue weighted by Crippen LogP contribution is -2.36. The van der Waals surface area contributed by atoms with Crippen LogP contribution in [0.1, 0.15) is 33.6 Å². The van der Waals surface area contributed by atoms with Crippen LogP contribution in [0.2, 0.25) is 0 Å². The van der Waals surface area contributed by atoms with Crippen LogP contribution in [-0.2, 0) is 14.3 Å². The maximum atomic E-state index is 11.2. The fraction of sp³-hybridized carbons (Fsp3) is 0.800. The van der Waals surface area contributed by atoms with Crippen LogP contribution in [0.15, 0.2) is 0 Å². The van der Waals surface area contributed by atoms with Gasteiger partial charge in [0.05, 0.1) is 6.10 Å². The van der Waals surface area contributed by atoms with Crippen molar-refractivity contribution in [2.24, 2.45) is 0 Å². The number of rotatable bonds is 7. The number of carboxylic acid groups (broad SMARTS) is 1. The summed E-state index contributed by atoms with van der Waals surface area (Å²) in [5.74, 6) is -1.06. The molecule has 0 bridgehead atoms. The predicted octanol–water partition coefficient (Wildman–Crippen LogP) is 0.781. The highest BCUT2D eigenvalue weighted by Gasteiger charge is 2.09. The molecule has 5 heteroatoms. The lowest BCUT2D eigenvalue weighted by atomic mass is 10.2. The Labute approximate surface area is 89.8 Å². The molecule has 0 fully saturated rings. The van der Waals surface area contributed by atoms with Crippen molar-refractivity contribution in [1.82, 2.24) is 5.32 Å². The summed E-state index contributed by atoms with van der Waals surface area (Å²) in [5.41, 5.74) is 0. The molecule has 0 heterocycles. The van der Waals surface area contributed by atoms with E-state index in [0.29, 0.717) is 6.42 Å². The molecule has 0 aromatic heterocycles. The van der Waals surface area contributed by atoms with Crippen LogP contribution < -0.4 is 5.32 Å². The molecule has 15 heavy (non-hydrogen) atoms. The van der Waals surface area contributed by atoms with Crippen molar-refractivity contribution < 1.29 is 19.4 Å². The molecule has 0 aliphatic heterocycles. The van der Waals surface area contributed by atoms with Crippen LogP contribution in [0.5, 0.6) is 0 Å². The fourth-order valence-electron chi connectivity index (χ4n) is 0.971. The summed E-state index contributed by atoms with van der Waals surface area (Å²) in [6.07, 6.45) is 0.514. The quantitative estimate of drug-likeness (QED) is 0.660. The number of carboxylic acids is 1. The van der Waals surface area contributed by atoms with E-state index in [2.05, 4.69) is 5.32 Å². The van der Waals surface area contributed by atoms with Crippen LogP contribution in [0.3, 0.4) is 0 Å². The highest BCUT2D eigenvalue weighted by Crippen LogP contribution is 1.96. The molecular weight excluding hydrogens is 198 g/mol. The lowest BCUT2D eigenvalue weighted by molar-refractivity contribution is -0.137. The molecule has 0 aliphatic rings. The van der Waals surface area contributed by atoms with E-state index in [1.54, 1.807) is 6.92 Å². The minimum absolute atomic E-state index is 0.0186. The summed E-state index contributed by atoms with van der Waals surface area (Å²) in [5, 5.41) is 11.1. The predicted molar refractivity (Wildman–Crippen MR) is 55.6 cm³/mol. The first-order valence-electron chi connectivity index (χ1n) is 5.04. The van der Waals surface area contributed by atoms with Gasteiger partial charge in [0.25, 0.3) is 0 Å². The molecular formula is C10H19NO4. The first-order valence-corrected chi connectivity index (χ1v) is 5.04. The largest absolute Gasteiger partial charge is 0.481 e. The van der Waals surface area contributed by atoms with E-state index in [1.807, 2.05) is 13.8 Å². The molecule has 0 radical (unpaired) electrons. The number of nitrogens with one attached hydrogen (secondary N) is 1. The number of amides is 1. The summed E-state index contributed by atoms with van der Waals surface area (Å²) < 4.78 is 5.10. The van der Waals surface area contributed by atoms with Crippen LogP contribution in [-0.4, -0.2) is 35.7 Å². The van der Waals surface area contributed by atoms with Gasteiger partial charge < -0.3 is 15.2 Å². The van der Waals surface area contributed by atoms with Crippen LogP contribution in [0, 0.1) is 0 Å². The van der Waals surface area contributed by atoms with Crippen molar-refractivity contribution in [2.45, 2.75) is 45.8 Å². The second-order valence-corrected chi connectivity index (χ2v) is 3.76. The highest BCUT2D eigenvalue weighted by atomic mass is 16.5. The van der Waals surface area contributed by atoms with Crippen LogP contribution in [0.25, 0.3) is 0 Å². The molecule has 0 saturated carbocycles. The molecule has 0 aromatic rings. The van der Waals surface area contributed by atoms with Gasteiger partial charge in [-0.2, -0.15) is 0 Å². The normalized spacial score (nSPS) is 12.5. The average molecular weight is 217 g/mol. The zero-order valence-corrected chi connectivity index (χ0v) is 9.45. The van der Waals surface area contributed by atoms with Gasteiger partial charge in [-0.25, -0.2) is 0 Å². The van der Waals surface area contributed by atoms with Gasteiger partial charge in [0.15, 0.2) is 0 Å². The zero-order valence-electron chi connectivity index (χ0n) is 9.45. The Morgan fingerprint density at radius 3 is 2.40 bits per heavy atom. The third kappa shape index (κ3) is 9.21. The first-order chi connectivity index (χ1) is 6.91. The smallest absolute Gasteiger partial charge is 0.303 e. The molecule has 0 rings (SSSR count). The molecule has 88 valence electrons. The number of aliphatic carboxylic acids is 1. The first kappa shape index (κ1) is 13.9. The van der Waals surface area contributed by atoms with Crippen molar-refractivity contribution in [3.8, 4) is 0 Å². The molecule has 0 spiro atoms. The number of hydrogen-bond acceptors (Lipinski definition) is 3. The Morgan fingerprint density at radius 1 is 1.33 bits per heavy atom. The Morgan fingerprint density at radius 2 is 1.93 bits per heavy atom. The number of ether oxygens (including phenoxy) is 1. The maximum absolute atomic E-state index is 11.2. The van der Waals surface area contributed by atoms with Crippen molar-refractivity contribution in [3.05, 3.63) is 0 Å². The fourth-order valence-corrected chi connectivity index (χ4v) is 0.971. The van der Waals surface area contributed by atoms with E-state index in [1.165, 1.54) is 0 Å². The summed E-state index contributed by atoms with van der Waals surface area (Å²) >= 11 is 0. The van der Waals surface area contributed by atoms with Crippen molar-refractivity contribution in [3.63, 3.8) is 0 Å². The van der Waals surface area contributed by atoms with Gasteiger partial charge >= 0.3 is 5.97 Å². The second-order valence-electron chi connectivity index (χ2n) is 3.76. The van der Waals surface area contributed by atoms with Gasteiger partial charge in [0, 0.05) is 12.5 Å². The van der Waals surface area contributed by atoms with Crippen molar-refractivity contribution in [1.29, 1.82) is 0 Å². The van der Waals surface area contributed by atoms with Crippen LogP contribution >= 0.6 is 0 Å². The van der Waals surface area contributed by atoms with E-state index in [0.717, 1.165) is 0 Å². The molecule has 1 amide bonds. The summed E-state index contributed by atoms with van der Waals surface area (Å²) in [7, 11) is 0. The lowest BCUT2D eigenvalue weighted by Gasteiger charge is -2.13. The van der Waals surface area contributed by atoms with Gasteiger partial charge in [-0.05, 0) is 27.2 Å². The topological polar surface area (TPSA) is 75.6 Å². The molecule has 0 saturated heterocycles. The summed E-state index contributed by atoms with van der Waals surface area (Å²) in [4.78, 5) is 21.5. The Hall–Kier alpha value is -1.10. The Balaban J connectivity index is 3.62. The standard InChI is InChI=1S/C10H19NO4/c1-7(2)15-6-9(12)11-8(3)4-5-10(13)14/h7-8H,4-6H2,1-3H3,(H,11,12)(H,13,14). The van der Waals surface area contributed by atoms with Gasteiger partial charge in [0.1, 0.15) is 6.61 Å². The van der Waals surface area contributed by atoms with E-state index >= 15 is 0 Å². The monoisotopic (exact) mass is 217 g/mol. The van der Waals surface area contributed by atoms with Crippen LogP contribution in [0.4, 0.5) is 0 Å². The summed E-state index contributed by atoms with van der Waals surface area (Å²) in [6.45, 7) is 5.49. The third-order valence-corrected chi connectivity index (χ3v) is 1.75. The van der Waals surface area contributed by atoms with Gasteiger partial charge in [-0.15, -0.1) is 0 Å². The zero-order chi connectivity index (χ0) is 11.8. The molecule has 2 N–H and O–H groups in total. The van der Waals surface area contributed by atoms with Gasteiger partial charge in [-0.1, -0.05) is 0 Å². The highest BCUT2D eigenvalue weighted by molar-refractivity contribution is 5.77. The van der Waals surface area contributed by atoms with Crippen molar-refractivity contribution >= 4 is 11.9 Å². The molecule has 1 atom stereocenters. The molecule has 0 aliphatic carbocycles.